The number of benzene rings is 2. The highest BCUT2D eigenvalue weighted by Crippen LogP contribution is 2.43. The largest absolute Gasteiger partial charge is 0.488 e. The molecule has 0 aliphatic heterocycles. The molecular weight excluding hydrogens is 447 g/mol. The summed E-state index contributed by atoms with van der Waals surface area (Å²) in [6.45, 7) is -0.0798. The molecule has 1 aromatic heterocycles. The number of ether oxygens (including phenoxy) is 1. The van der Waals surface area contributed by atoms with Crippen LogP contribution in [0.25, 0.3) is 11.1 Å². The minimum atomic E-state index is -4.49. The summed E-state index contributed by atoms with van der Waals surface area (Å²) in [5.74, 6) is -1.82. The van der Waals surface area contributed by atoms with Crippen LogP contribution < -0.4 is 10.1 Å². The second-order valence-corrected chi connectivity index (χ2v) is 7.87. The molecule has 3 rings (SSSR count). The van der Waals surface area contributed by atoms with Crippen LogP contribution in [0.4, 0.5) is 18.9 Å². The van der Waals surface area contributed by atoms with Crippen LogP contribution in [-0.4, -0.2) is 28.2 Å². The molecule has 0 aliphatic rings. The Hall–Kier alpha value is -3.37. The highest BCUT2D eigenvalue weighted by atomic mass is 32.1. The van der Waals surface area contributed by atoms with Crippen LogP contribution in [-0.2, 0) is 22.4 Å². The molecular formula is C22H18F3NO5S. The Morgan fingerprint density at radius 2 is 1.72 bits per heavy atom. The van der Waals surface area contributed by atoms with Gasteiger partial charge in [-0.25, -0.2) is 0 Å². The van der Waals surface area contributed by atoms with Crippen molar-refractivity contribution in [2.24, 2.45) is 0 Å². The van der Waals surface area contributed by atoms with Gasteiger partial charge < -0.3 is 20.3 Å². The first-order valence-electron chi connectivity index (χ1n) is 9.32. The maximum absolute atomic E-state index is 13.5. The monoisotopic (exact) mass is 465 g/mol. The van der Waals surface area contributed by atoms with Crippen LogP contribution >= 0.6 is 11.3 Å². The van der Waals surface area contributed by atoms with Crippen molar-refractivity contribution in [3.8, 4) is 16.9 Å². The molecule has 2 aromatic carbocycles. The van der Waals surface area contributed by atoms with E-state index in [1.54, 1.807) is 30.3 Å². The molecule has 6 nitrogen and oxygen atoms in total. The summed E-state index contributed by atoms with van der Waals surface area (Å²) in [6, 6.07) is 15.7. The smallest absolute Gasteiger partial charge is 0.426 e. The molecule has 0 bridgehead atoms. The molecule has 0 fully saturated rings. The number of rotatable bonds is 8. The van der Waals surface area contributed by atoms with E-state index in [1.807, 2.05) is 0 Å². The van der Waals surface area contributed by atoms with E-state index < -0.39 is 35.5 Å². The third-order valence-corrected chi connectivity index (χ3v) is 5.45. The van der Waals surface area contributed by atoms with E-state index in [0.29, 0.717) is 33.2 Å². The first kappa shape index (κ1) is 23.3. The Balaban J connectivity index is 1.66. The number of hydrogen-bond donors (Lipinski definition) is 3. The van der Waals surface area contributed by atoms with Gasteiger partial charge in [-0.3, -0.25) is 9.59 Å². The highest BCUT2D eigenvalue weighted by molar-refractivity contribution is 7.12. The van der Waals surface area contributed by atoms with Crippen LogP contribution in [0.1, 0.15) is 16.2 Å². The molecule has 0 spiro atoms. The van der Waals surface area contributed by atoms with Crippen molar-refractivity contribution >= 4 is 28.9 Å². The Morgan fingerprint density at radius 1 is 1.06 bits per heavy atom. The number of alkyl halides is 3. The summed E-state index contributed by atoms with van der Waals surface area (Å²) >= 11 is 0.617. The lowest BCUT2D eigenvalue weighted by atomic mass is 10.1. The minimum Gasteiger partial charge on any atom is -0.488 e. The van der Waals surface area contributed by atoms with Crippen molar-refractivity contribution in [3.63, 3.8) is 0 Å². The first-order valence-corrected chi connectivity index (χ1v) is 10.1. The average Bonchev–Trinajstić information content (AvgIpc) is 3.18. The minimum absolute atomic E-state index is 0.0798. The lowest BCUT2D eigenvalue weighted by Gasteiger charge is -2.10. The highest BCUT2D eigenvalue weighted by Gasteiger charge is 2.36. The van der Waals surface area contributed by atoms with E-state index in [0.717, 1.165) is 0 Å². The number of thiophene rings is 1. The topological polar surface area (TPSA) is 95.9 Å². The summed E-state index contributed by atoms with van der Waals surface area (Å²) in [5.41, 5.74) is 0.862. The molecule has 0 aliphatic carbocycles. The number of nitrogens with one attached hydrogen (secondary N) is 1. The summed E-state index contributed by atoms with van der Waals surface area (Å²) in [6.07, 6.45) is -6.90. The van der Waals surface area contributed by atoms with Crippen molar-refractivity contribution in [2.75, 3.05) is 5.32 Å². The zero-order valence-electron chi connectivity index (χ0n) is 16.4. The van der Waals surface area contributed by atoms with E-state index in [9.17, 15) is 27.9 Å². The Labute approximate surface area is 184 Å². The van der Waals surface area contributed by atoms with Crippen molar-refractivity contribution in [1.82, 2.24) is 0 Å². The van der Waals surface area contributed by atoms with E-state index in [4.69, 9.17) is 9.84 Å². The number of carbonyl (C=O) groups is 2. The number of carboxylic acids is 1. The molecule has 0 radical (unpaired) electrons. The maximum atomic E-state index is 13.5. The van der Waals surface area contributed by atoms with Gasteiger partial charge in [-0.05, 0) is 35.9 Å². The van der Waals surface area contributed by atoms with Crippen LogP contribution in [0.3, 0.4) is 0 Å². The van der Waals surface area contributed by atoms with Crippen LogP contribution in [0, 0.1) is 0 Å². The average molecular weight is 465 g/mol. The van der Waals surface area contributed by atoms with Crippen LogP contribution in [0.15, 0.2) is 60.7 Å². The van der Waals surface area contributed by atoms with Gasteiger partial charge in [0, 0.05) is 16.1 Å². The zero-order valence-corrected chi connectivity index (χ0v) is 17.2. The fourth-order valence-corrected chi connectivity index (χ4v) is 3.79. The number of hydrogen-bond acceptors (Lipinski definition) is 5. The Kier molecular flexibility index (Phi) is 7.16. The third-order valence-electron chi connectivity index (χ3n) is 4.30. The van der Waals surface area contributed by atoms with Gasteiger partial charge in [-0.2, -0.15) is 13.2 Å². The van der Waals surface area contributed by atoms with Gasteiger partial charge >= 0.3 is 12.1 Å². The van der Waals surface area contributed by atoms with Crippen LogP contribution in [0.2, 0.25) is 0 Å². The van der Waals surface area contributed by atoms with Crippen molar-refractivity contribution in [1.29, 1.82) is 0 Å². The molecule has 0 saturated carbocycles. The second kappa shape index (κ2) is 9.84. The summed E-state index contributed by atoms with van der Waals surface area (Å²) < 4.78 is 46.0. The van der Waals surface area contributed by atoms with Crippen molar-refractivity contribution in [3.05, 3.63) is 70.4 Å². The van der Waals surface area contributed by atoms with E-state index in [2.05, 4.69) is 5.32 Å². The number of aliphatic hydroxyl groups is 1. The van der Waals surface area contributed by atoms with Gasteiger partial charge in [0.1, 0.15) is 23.3 Å². The number of anilines is 1. The molecule has 1 atom stereocenters. The van der Waals surface area contributed by atoms with Gasteiger partial charge in [0.25, 0.3) is 5.91 Å². The number of halogens is 3. The molecule has 168 valence electrons. The molecule has 10 heteroatoms. The number of amides is 1. The second-order valence-electron chi connectivity index (χ2n) is 6.74. The molecule has 32 heavy (non-hydrogen) atoms. The molecule has 1 amide bonds. The van der Waals surface area contributed by atoms with Crippen LogP contribution in [0.5, 0.6) is 5.75 Å². The molecule has 3 aromatic rings. The lowest BCUT2D eigenvalue weighted by Crippen LogP contribution is -2.29. The number of carboxylic acid groups (broad SMARTS) is 1. The van der Waals surface area contributed by atoms with Gasteiger partial charge in [-0.1, -0.05) is 30.3 Å². The van der Waals surface area contributed by atoms with Gasteiger partial charge in [0.15, 0.2) is 0 Å². The predicted octanol–water partition coefficient (Wildman–Crippen LogP) is 4.79. The molecule has 0 unspecified atom stereocenters. The Bertz CT molecular complexity index is 1080. The van der Waals surface area contributed by atoms with E-state index >= 15 is 0 Å². The number of aliphatic hydroxyl groups excluding tert-OH is 1. The summed E-state index contributed by atoms with van der Waals surface area (Å²) in [7, 11) is 0. The standard InChI is InChI=1S/C22H18F3NO5S/c23-22(24,25)20-17(13-4-2-1-3-5-13)10-16(32-20)12-31-15-8-6-14(7-9-15)26-21(30)18(27)11-19(28)29/h1-10,18,27H,11-12H2,(H,26,30)(H,28,29)/t18-/m1/s1. The first-order chi connectivity index (χ1) is 15.1. The van der Waals surface area contributed by atoms with E-state index in [-0.39, 0.29) is 12.2 Å². The van der Waals surface area contributed by atoms with Gasteiger partial charge in [-0.15, -0.1) is 11.3 Å². The van der Waals surface area contributed by atoms with E-state index in [1.165, 1.54) is 30.3 Å². The Morgan fingerprint density at radius 3 is 2.31 bits per heavy atom. The molecule has 1 heterocycles. The van der Waals surface area contributed by atoms with Gasteiger partial charge in [0.05, 0.1) is 6.42 Å². The number of carbonyl (C=O) groups excluding carboxylic acids is 1. The summed E-state index contributed by atoms with van der Waals surface area (Å²) in [5, 5.41) is 20.4. The quantitative estimate of drug-likeness (QED) is 0.445. The predicted molar refractivity (Wildman–Crippen MR) is 112 cm³/mol. The molecule has 3 N–H and O–H groups in total. The fraction of sp³-hybridized carbons (Fsp3) is 0.182. The van der Waals surface area contributed by atoms with Crippen molar-refractivity contribution in [2.45, 2.75) is 25.3 Å². The zero-order chi connectivity index (χ0) is 23.3. The van der Waals surface area contributed by atoms with Crippen molar-refractivity contribution < 1.29 is 37.7 Å². The maximum Gasteiger partial charge on any atom is 0.426 e. The SMILES string of the molecule is O=C(O)C[C@@H](O)C(=O)Nc1ccc(OCc2cc(-c3ccccc3)c(C(F)(F)F)s2)cc1. The van der Waals surface area contributed by atoms with Gasteiger partial charge in [0.2, 0.25) is 0 Å². The molecule has 0 saturated heterocycles. The fourth-order valence-electron chi connectivity index (χ4n) is 2.83. The lowest BCUT2D eigenvalue weighted by molar-refractivity contribution is -0.142. The normalized spacial score (nSPS) is 12.2. The summed E-state index contributed by atoms with van der Waals surface area (Å²) in [4.78, 5) is 22.0. The number of aliphatic carboxylic acids is 1. The third kappa shape index (κ3) is 6.08.